The minimum Gasteiger partial charge on any atom is -0.310 e. The molecule has 2 aromatic heterocycles. The molecule has 0 saturated heterocycles. The average molecular weight is 795 g/mol. The zero-order chi connectivity index (χ0) is 40.3. The van der Waals surface area contributed by atoms with Crippen LogP contribution in [0.3, 0.4) is 0 Å². The van der Waals surface area contributed by atoms with Gasteiger partial charge in [0.1, 0.15) is 0 Å². The van der Waals surface area contributed by atoms with Crippen LogP contribution in [0.2, 0.25) is 0 Å². The summed E-state index contributed by atoms with van der Waals surface area (Å²) in [6, 6.07) is 84.1. The van der Waals surface area contributed by atoms with E-state index < -0.39 is 0 Å². The van der Waals surface area contributed by atoms with Gasteiger partial charge in [0.05, 0.1) is 16.7 Å². The monoisotopic (exact) mass is 794 g/mol. The quantitative estimate of drug-likeness (QED) is 0.156. The smallest absolute Gasteiger partial charge is 0.0555 e. The van der Waals surface area contributed by atoms with Crippen LogP contribution in [0.25, 0.3) is 91.8 Å². The fraction of sp³-hybridized carbons (Fsp3) is 0. The normalized spacial score (nSPS) is 11.6. The van der Waals surface area contributed by atoms with Gasteiger partial charge in [0, 0.05) is 48.0 Å². The molecule has 0 spiro atoms. The molecule has 0 atom stereocenters. The van der Waals surface area contributed by atoms with Crippen molar-refractivity contribution < 1.29 is 0 Å². The molecule has 2 nitrogen and oxygen atoms in total. The Morgan fingerprint density at radius 2 is 0.984 bits per heavy atom. The van der Waals surface area contributed by atoms with Crippen molar-refractivity contribution in [2.24, 2.45) is 0 Å². The van der Waals surface area contributed by atoms with E-state index in [2.05, 4.69) is 240 Å². The predicted molar refractivity (Wildman–Crippen MR) is 262 cm³/mol. The van der Waals surface area contributed by atoms with Crippen molar-refractivity contribution in [2.75, 3.05) is 4.90 Å². The molecule has 61 heavy (non-hydrogen) atoms. The Labute approximate surface area is 358 Å². The molecule has 0 amide bonds. The highest BCUT2D eigenvalue weighted by Gasteiger charge is 2.23. The van der Waals surface area contributed by atoms with Gasteiger partial charge in [-0.3, -0.25) is 0 Å². The summed E-state index contributed by atoms with van der Waals surface area (Å²) in [5, 5.41) is 7.53. The molecule has 0 radical (unpaired) electrons. The lowest BCUT2D eigenvalue weighted by atomic mass is 9.97. The number of benzene rings is 10. The van der Waals surface area contributed by atoms with E-state index in [0.717, 1.165) is 22.7 Å². The molecule has 12 rings (SSSR count). The molecule has 0 aliphatic heterocycles. The van der Waals surface area contributed by atoms with Crippen molar-refractivity contribution >= 4 is 81.1 Å². The maximum Gasteiger partial charge on any atom is 0.0555 e. The molecule has 0 aliphatic carbocycles. The Bertz CT molecular complexity index is 3580. The number of thiophene rings is 1. The number of fused-ring (bicyclic) bond motifs is 7. The molecule has 3 heteroatoms. The van der Waals surface area contributed by atoms with Gasteiger partial charge in [0.25, 0.3) is 0 Å². The van der Waals surface area contributed by atoms with Crippen molar-refractivity contribution in [3.63, 3.8) is 0 Å². The SMILES string of the molecule is c1ccc(-c2ccc(N(c3ccc(-c4cccc5ccccc45)cc3)c3cccc(-c4cccc5c4c4ccccc4n5-c4ccccc4)c3)c3c2sc2ccccc23)cc1. The lowest BCUT2D eigenvalue weighted by Crippen LogP contribution is -2.10. The molecule has 0 unspecified atom stereocenters. The van der Waals surface area contributed by atoms with Crippen LogP contribution in [0.5, 0.6) is 0 Å². The molecule has 12 aromatic rings. The van der Waals surface area contributed by atoms with Gasteiger partial charge in [-0.1, -0.05) is 170 Å². The molecular weight excluding hydrogens is 757 g/mol. The zero-order valence-electron chi connectivity index (χ0n) is 33.2. The number of rotatable bonds is 7. The lowest BCUT2D eigenvalue weighted by Gasteiger charge is -2.28. The van der Waals surface area contributed by atoms with Gasteiger partial charge in [0.2, 0.25) is 0 Å². The van der Waals surface area contributed by atoms with Crippen LogP contribution in [-0.2, 0) is 0 Å². The number of hydrogen-bond acceptors (Lipinski definition) is 2. The first kappa shape index (κ1) is 35.2. The Balaban J connectivity index is 1.09. The highest BCUT2D eigenvalue weighted by Crippen LogP contribution is 2.49. The van der Waals surface area contributed by atoms with Crippen LogP contribution in [0, 0.1) is 0 Å². The second kappa shape index (κ2) is 14.5. The zero-order valence-corrected chi connectivity index (χ0v) is 34.1. The van der Waals surface area contributed by atoms with Crippen molar-refractivity contribution in [2.45, 2.75) is 0 Å². The third-order valence-electron chi connectivity index (χ3n) is 12.2. The van der Waals surface area contributed by atoms with Gasteiger partial charge >= 0.3 is 0 Å². The largest absolute Gasteiger partial charge is 0.310 e. The van der Waals surface area contributed by atoms with E-state index in [1.807, 2.05) is 11.3 Å². The summed E-state index contributed by atoms with van der Waals surface area (Å²) >= 11 is 1.88. The van der Waals surface area contributed by atoms with E-state index in [-0.39, 0.29) is 0 Å². The molecule has 0 N–H and O–H groups in total. The van der Waals surface area contributed by atoms with Gasteiger partial charge in [-0.05, 0) is 105 Å². The van der Waals surface area contributed by atoms with Crippen LogP contribution < -0.4 is 4.90 Å². The van der Waals surface area contributed by atoms with E-state index in [9.17, 15) is 0 Å². The van der Waals surface area contributed by atoms with Gasteiger partial charge in [-0.15, -0.1) is 11.3 Å². The van der Waals surface area contributed by atoms with E-state index in [1.165, 1.54) is 86.1 Å². The van der Waals surface area contributed by atoms with Crippen LogP contribution >= 0.6 is 11.3 Å². The number of aromatic nitrogens is 1. The molecular formula is C58H38N2S. The first-order valence-corrected chi connectivity index (χ1v) is 21.7. The number of hydrogen-bond donors (Lipinski definition) is 0. The molecule has 10 aromatic carbocycles. The minimum atomic E-state index is 1.10. The molecule has 286 valence electrons. The predicted octanol–water partition coefficient (Wildman–Crippen LogP) is 16.8. The van der Waals surface area contributed by atoms with E-state index in [1.54, 1.807) is 0 Å². The third kappa shape index (κ3) is 5.85. The highest BCUT2D eigenvalue weighted by atomic mass is 32.1. The van der Waals surface area contributed by atoms with Crippen LogP contribution in [0.15, 0.2) is 231 Å². The van der Waals surface area contributed by atoms with Gasteiger partial charge < -0.3 is 9.47 Å². The highest BCUT2D eigenvalue weighted by molar-refractivity contribution is 7.26. The Morgan fingerprint density at radius 3 is 1.84 bits per heavy atom. The summed E-state index contributed by atoms with van der Waals surface area (Å²) < 4.78 is 4.97. The summed E-state index contributed by atoms with van der Waals surface area (Å²) in [5.41, 5.74) is 14.2. The summed E-state index contributed by atoms with van der Waals surface area (Å²) in [6.45, 7) is 0. The fourth-order valence-electron chi connectivity index (χ4n) is 9.46. The molecule has 0 saturated carbocycles. The first-order chi connectivity index (χ1) is 30.3. The summed E-state index contributed by atoms with van der Waals surface area (Å²) in [6.07, 6.45) is 0. The molecule has 0 aliphatic rings. The minimum absolute atomic E-state index is 1.10. The topological polar surface area (TPSA) is 8.17 Å². The standard InChI is InChI=1S/C58H38N2S/c1-3-16-40(17-4-1)49-36-37-54(57-51-26-10-12-31-55(51)61-58(49)57)59(44-34-32-41(33-35-44)47-27-14-19-39-18-7-8-24-46(39)47)45-23-13-20-42(38-45)48-28-15-30-53-56(48)50-25-9-11-29-52(50)60(53)43-21-5-2-6-22-43/h1-38H. The Kier molecular flexibility index (Phi) is 8.39. The summed E-state index contributed by atoms with van der Waals surface area (Å²) in [5.74, 6) is 0. The van der Waals surface area contributed by atoms with Gasteiger partial charge in [0.15, 0.2) is 0 Å². The van der Waals surface area contributed by atoms with E-state index >= 15 is 0 Å². The van der Waals surface area contributed by atoms with E-state index in [0.29, 0.717) is 0 Å². The average Bonchev–Trinajstić information content (AvgIpc) is 3.89. The number of para-hydroxylation sites is 2. The maximum atomic E-state index is 2.47. The lowest BCUT2D eigenvalue weighted by molar-refractivity contribution is 1.18. The molecule has 2 heterocycles. The first-order valence-electron chi connectivity index (χ1n) is 20.8. The van der Waals surface area contributed by atoms with Crippen LogP contribution in [-0.4, -0.2) is 4.57 Å². The van der Waals surface area contributed by atoms with Gasteiger partial charge in [-0.25, -0.2) is 0 Å². The van der Waals surface area contributed by atoms with Crippen LogP contribution in [0.4, 0.5) is 17.1 Å². The van der Waals surface area contributed by atoms with Crippen molar-refractivity contribution in [1.29, 1.82) is 0 Å². The van der Waals surface area contributed by atoms with Gasteiger partial charge in [-0.2, -0.15) is 0 Å². The summed E-state index contributed by atoms with van der Waals surface area (Å²) in [7, 11) is 0. The second-order valence-electron chi connectivity index (χ2n) is 15.6. The van der Waals surface area contributed by atoms with Crippen molar-refractivity contribution in [3.8, 4) is 39.1 Å². The van der Waals surface area contributed by atoms with Crippen molar-refractivity contribution in [3.05, 3.63) is 231 Å². The third-order valence-corrected chi connectivity index (χ3v) is 13.4. The fourth-order valence-corrected chi connectivity index (χ4v) is 10.7. The Morgan fingerprint density at radius 1 is 0.361 bits per heavy atom. The van der Waals surface area contributed by atoms with Crippen LogP contribution in [0.1, 0.15) is 0 Å². The molecule has 0 bridgehead atoms. The maximum absolute atomic E-state index is 2.47. The van der Waals surface area contributed by atoms with Crippen molar-refractivity contribution in [1.82, 2.24) is 4.57 Å². The Hall–Kier alpha value is -7.72. The molecule has 0 fully saturated rings. The van der Waals surface area contributed by atoms with E-state index in [4.69, 9.17) is 0 Å². The second-order valence-corrected chi connectivity index (χ2v) is 16.7. The summed E-state index contributed by atoms with van der Waals surface area (Å²) in [4.78, 5) is 2.47. The number of anilines is 3. The number of nitrogens with zero attached hydrogens (tertiary/aromatic N) is 2.